The summed E-state index contributed by atoms with van der Waals surface area (Å²) in [5.41, 5.74) is 8.66. The molecule has 2 aliphatic carbocycles. The van der Waals surface area contributed by atoms with Crippen LogP contribution in [0.5, 0.6) is 0 Å². The van der Waals surface area contributed by atoms with E-state index < -0.39 is 0 Å². The zero-order valence-electron chi connectivity index (χ0n) is 13.4. The second-order valence-corrected chi connectivity index (χ2v) is 7.44. The lowest BCUT2D eigenvalue weighted by atomic mass is 9.62. The third-order valence-corrected chi connectivity index (χ3v) is 6.08. The summed E-state index contributed by atoms with van der Waals surface area (Å²) in [7, 11) is 0. The summed E-state index contributed by atoms with van der Waals surface area (Å²) >= 11 is 0. The second-order valence-electron chi connectivity index (χ2n) is 7.44. The van der Waals surface area contributed by atoms with Crippen molar-refractivity contribution in [2.75, 3.05) is 0 Å². The minimum atomic E-state index is 0.0438. The molecule has 0 aromatic heterocycles. The van der Waals surface area contributed by atoms with Gasteiger partial charge in [0.15, 0.2) is 0 Å². The van der Waals surface area contributed by atoms with Crippen molar-refractivity contribution in [3.05, 3.63) is 35.9 Å². The van der Waals surface area contributed by atoms with Gasteiger partial charge in [-0.05, 0) is 49.5 Å². The molecule has 2 N–H and O–H groups in total. The highest BCUT2D eigenvalue weighted by Crippen LogP contribution is 2.43. The lowest BCUT2D eigenvalue weighted by Gasteiger charge is -2.47. The molecule has 0 saturated heterocycles. The Labute approximate surface area is 130 Å². The maximum Gasteiger partial charge on any atom is 0.0252 e. The fraction of sp³-hybridized carbons (Fsp3) is 0.700. The first kappa shape index (κ1) is 15.1. The first-order chi connectivity index (χ1) is 10.3. The van der Waals surface area contributed by atoms with Gasteiger partial charge in [-0.2, -0.15) is 0 Å². The molecule has 2 aliphatic rings. The Morgan fingerprint density at radius 1 is 0.762 bits per heavy atom. The van der Waals surface area contributed by atoms with Crippen LogP contribution in [0.2, 0.25) is 0 Å². The van der Waals surface area contributed by atoms with Gasteiger partial charge in [0, 0.05) is 5.54 Å². The molecule has 1 nitrogen and oxygen atoms in total. The maximum absolute atomic E-state index is 7.18. The van der Waals surface area contributed by atoms with Gasteiger partial charge in [0.2, 0.25) is 0 Å². The zero-order chi connectivity index (χ0) is 14.5. The Kier molecular flexibility index (Phi) is 5.00. The molecule has 0 bridgehead atoms. The van der Waals surface area contributed by atoms with Crippen LogP contribution in [0.3, 0.4) is 0 Å². The molecule has 21 heavy (non-hydrogen) atoms. The van der Waals surface area contributed by atoms with Crippen LogP contribution >= 0.6 is 0 Å². The molecule has 116 valence electrons. The summed E-state index contributed by atoms with van der Waals surface area (Å²) < 4.78 is 0. The molecule has 2 fully saturated rings. The van der Waals surface area contributed by atoms with Gasteiger partial charge in [-0.1, -0.05) is 68.9 Å². The van der Waals surface area contributed by atoms with E-state index in [0.29, 0.717) is 0 Å². The number of hydrogen-bond acceptors (Lipinski definition) is 1. The number of nitrogens with two attached hydrogens (primary N) is 1. The van der Waals surface area contributed by atoms with Gasteiger partial charge in [0.1, 0.15) is 0 Å². The monoisotopic (exact) mass is 285 g/mol. The van der Waals surface area contributed by atoms with Crippen LogP contribution < -0.4 is 5.73 Å². The van der Waals surface area contributed by atoms with Crippen LogP contribution in [0.25, 0.3) is 0 Å². The molecule has 0 heterocycles. The van der Waals surface area contributed by atoms with Crippen LogP contribution in [0.15, 0.2) is 30.3 Å². The van der Waals surface area contributed by atoms with Crippen molar-refractivity contribution in [1.82, 2.24) is 0 Å². The molecule has 1 aromatic rings. The topological polar surface area (TPSA) is 26.0 Å². The predicted octanol–water partition coefficient (Wildman–Crippen LogP) is 5.09. The lowest BCUT2D eigenvalue weighted by molar-refractivity contribution is 0.105. The first-order valence-electron chi connectivity index (χ1n) is 9.12. The van der Waals surface area contributed by atoms with Crippen molar-refractivity contribution >= 4 is 0 Å². The molecule has 0 radical (unpaired) electrons. The largest absolute Gasteiger partial charge is 0.324 e. The molecule has 1 aromatic carbocycles. The van der Waals surface area contributed by atoms with E-state index in [0.717, 1.165) is 18.3 Å². The van der Waals surface area contributed by atoms with Crippen LogP contribution in [0.4, 0.5) is 0 Å². The highest BCUT2D eigenvalue weighted by atomic mass is 14.8. The summed E-state index contributed by atoms with van der Waals surface area (Å²) in [6.07, 6.45) is 14.9. The minimum absolute atomic E-state index is 0.0438. The minimum Gasteiger partial charge on any atom is -0.324 e. The number of rotatable bonds is 4. The second kappa shape index (κ2) is 6.96. The third kappa shape index (κ3) is 3.51. The van der Waals surface area contributed by atoms with Crippen LogP contribution in [-0.2, 0) is 6.42 Å². The van der Waals surface area contributed by atoms with Crippen molar-refractivity contribution in [3.63, 3.8) is 0 Å². The van der Waals surface area contributed by atoms with Gasteiger partial charge < -0.3 is 5.73 Å². The summed E-state index contributed by atoms with van der Waals surface area (Å²) in [6, 6.07) is 11.0. The van der Waals surface area contributed by atoms with E-state index >= 15 is 0 Å². The Morgan fingerprint density at radius 3 is 1.71 bits per heavy atom. The molecule has 3 rings (SSSR count). The Morgan fingerprint density at radius 2 is 1.24 bits per heavy atom. The molecule has 1 heteroatoms. The third-order valence-electron chi connectivity index (χ3n) is 6.08. The maximum atomic E-state index is 7.18. The number of hydrogen-bond donors (Lipinski definition) is 1. The summed E-state index contributed by atoms with van der Waals surface area (Å²) in [4.78, 5) is 0. The van der Waals surface area contributed by atoms with Crippen molar-refractivity contribution in [1.29, 1.82) is 0 Å². The van der Waals surface area contributed by atoms with E-state index in [1.165, 1.54) is 69.8 Å². The Bertz CT molecular complexity index is 395. The Hall–Kier alpha value is -0.820. The molecule has 0 unspecified atom stereocenters. The van der Waals surface area contributed by atoms with Crippen molar-refractivity contribution < 1.29 is 0 Å². The molecule has 0 spiro atoms. The average Bonchev–Trinajstić information content (AvgIpc) is 2.57. The van der Waals surface area contributed by atoms with Crippen molar-refractivity contribution in [2.24, 2.45) is 17.6 Å². The fourth-order valence-electron chi connectivity index (χ4n) is 4.85. The quantitative estimate of drug-likeness (QED) is 0.819. The van der Waals surface area contributed by atoms with Crippen LogP contribution in [0.1, 0.15) is 69.8 Å². The van der Waals surface area contributed by atoms with Crippen molar-refractivity contribution in [2.45, 2.75) is 76.2 Å². The van der Waals surface area contributed by atoms with Gasteiger partial charge in [-0.3, -0.25) is 0 Å². The van der Waals surface area contributed by atoms with Gasteiger partial charge in [-0.15, -0.1) is 0 Å². The predicted molar refractivity (Wildman–Crippen MR) is 90.2 cm³/mol. The van der Waals surface area contributed by atoms with E-state index in [1.54, 1.807) is 0 Å². The van der Waals surface area contributed by atoms with Crippen molar-refractivity contribution in [3.8, 4) is 0 Å². The molecular weight excluding hydrogens is 254 g/mol. The Balaban J connectivity index is 1.81. The van der Waals surface area contributed by atoms with Gasteiger partial charge in [-0.25, -0.2) is 0 Å². The molecule has 2 saturated carbocycles. The molecule has 0 aliphatic heterocycles. The zero-order valence-corrected chi connectivity index (χ0v) is 13.4. The van der Waals surface area contributed by atoms with Crippen LogP contribution in [0, 0.1) is 11.8 Å². The van der Waals surface area contributed by atoms with Gasteiger partial charge in [0.05, 0.1) is 0 Å². The summed E-state index contributed by atoms with van der Waals surface area (Å²) in [5, 5.41) is 0. The molecule has 0 atom stereocenters. The molecule has 0 amide bonds. The first-order valence-corrected chi connectivity index (χ1v) is 9.12. The SMILES string of the molecule is NC(Cc1ccccc1)(C1CCCCC1)C1CCCCC1. The normalized spacial score (nSPS) is 22.3. The highest BCUT2D eigenvalue weighted by Gasteiger charge is 2.42. The lowest BCUT2D eigenvalue weighted by Crippen LogP contribution is -2.56. The number of benzene rings is 1. The van der Waals surface area contributed by atoms with Gasteiger partial charge in [0.25, 0.3) is 0 Å². The molecular formula is C20H31N. The summed E-state index contributed by atoms with van der Waals surface area (Å²) in [6.45, 7) is 0. The van der Waals surface area contributed by atoms with E-state index in [9.17, 15) is 0 Å². The fourth-order valence-corrected chi connectivity index (χ4v) is 4.85. The average molecular weight is 285 g/mol. The van der Waals surface area contributed by atoms with E-state index in [1.807, 2.05) is 0 Å². The van der Waals surface area contributed by atoms with E-state index in [4.69, 9.17) is 5.73 Å². The summed E-state index contributed by atoms with van der Waals surface area (Å²) in [5.74, 6) is 1.49. The standard InChI is InChI=1S/C20H31N/c21-20(18-12-6-2-7-13-18,19-14-8-3-9-15-19)16-17-10-4-1-5-11-17/h1,4-5,10-11,18-19H,2-3,6-9,12-16,21H2. The van der Waals surface area contributed by atoms with Gasteiger partial charge >= 0.3 is 0 Å². The van der Waals surface area contributed by atoms with E-state index in [-0.39, 0.29) is 5.54 Å². The van der Waals surface area contributed by atoms with E-state index in [2.05, 4.69) is 30.3 Å². The smallest absolute Gasteiger partial charge is 0.0252 e. The highest BCUT2D eigenvalue weighted by molar-refractivity contribution is 5.19. The van der Waals surface area contributed by atoms with Crippen LogP contribution in [-0.4, -0.2) is 5.54 Å².